The zero-order valence-electron chi connectivity index (χ0n) is 28.5. The van der Waals surface area contributed by atoms with Gasteiger partial charge >= 0.3 is 6.18 Å². The molecule has 0 radical (unpaired) electrons. The van der Waals surface area contributed by atoms with E-state index in [1.54, 1.807) is 4.68 Å². The lowest BCUT2D eigenvalue weighted by molar-refractivity contribution is -0.138. The van der Waals surface area contributed by atoms with Gasteiger partial charge in [0.15, 0.2) is 0 Å². The number of sulfonamides is 1. The maximum atomic E-state index is 14.2. The summed E-state index contributed by atoms with van der Waals surface area (Å²) in [6.45, 7) is 2.67. The van der Waals surface area contributed by atoms with E-state index in [9.17, 15) is 36.3 Å². The largest absolute Gasteiger partial charge is 0.416 e. The number of nitrogens with one attached hydrogen (secondary N) is 1. The Morgan fingerprint density at radius 1 is 1.06 bits per heavy atom. The summed E-state index contributed by atoms with van der Waals surface area (Å²) in [5.74, 6) is -0.214. The van der Waals surface area contributed by atoms with Gasteiger partial charge in [0.2, 0.25) is 15.9 Å². The molecule has 3 aliphatic heterocycles. The van der Waals surface area contributed by atoms with Crippen molar-refractivity contribution in [1.82, 2.24) is 29.2 Å². The fraction of sp³-hybridized carbons (Fsp3) is 0.571. The van der Waals surface area contributed by atoms with Crippen LogP contribution >= 0.6 is 11.3 Å². The summed E-state index contributed by atoms with van der Waals surface area (Å²) < 4.78 is 70.7. The van der Waals surface area contributed by atoms with Crippen molar-refractivity contribution in [3.8, 4) is 11.3 Å². The zero-order chi connectivity index (χ0) is 36.1. The molecule has 1 aromatic carbocycles. The molecule has 7 rings (SSSR count). The van der Waals surface area contributed by atoms with Gasteiger partial charge in [-0.25, -0.2) is 8.42 Å². The molecule has 2 saturated heterocycles. The van der Waals surface area contributed by atoms with Crippen LogP contribution in [-0.4, -0.2) is 100 Å². The summed E-state index contributed by atoms with van der Waals surface area (Å²) in [6.07, 6.45) is 1.99. The van der Waals surface area contributed by atoms with E-state index in [0.717, 1.165) is 86.6 Å². The Morgan fingerprint density at radius 3 is 2.53 bits per heavy atom. The quantitative estimate of drug-likeness (QED) is 0.323. The van der Waals surface area contributed by atoms with Crippen molar-refractivity contribution < 1.29 is 36.3 Å². The van der Waals surface area contributed by atoms with Gasteiger partial charge in [-0.3, -0.25) is 14.3 Å². The molecule has 16 heteroatoms. The molecule has 2 fully saturated rings. The van der Waals surface area contributed by atoms with Crippen molar-refractivity contribution in [3.05, 3.63) is 62.0 Å². The normalized spacial score (nSPS) is 19.8. The van der Waals surface area contributed by atoms with Gasteiger partial charge in [0.05, 0.1) is 35.0 Å². The fourth-order valence-corrected chi connectivity index (χ4v) is 9.98. The number of nitrogens with zero attached hydrogens (tertiary/aromatic N) is 5. The lowest BCUT2D eigenvalue weighted by atomic mass is 9.97. The number of β-amino-alcohol motifs (C(OH)–C–C–N with tert-alkyl or cyclic N) is 1. The van der Waals surface area contributed by atoms with Gasteiger partial charge in [0.25, 0.3) is 5.91 Å². The first kappa shape index (κ1) is 36.1. The molecule has 1 unspecified atom stereocenters. The zero-order valence-corrected chi connectivity index (χ0v) is 30.2. The van der Waals surface area contributed by atoms with Crippen molar-refractivity contribution >= 4 is 33.2 Å². The Morgan fingerprint density at radius 2 is 1.84 bits per heavy atom. The van der Waals surface area contributed by atoms with Gasteiger partial charge in [0, 0.05) is 86.4 Å². The van der Waals surface area contributed by atoms with Crippen molar-refractivity contribution in [2.75, 3.05) is 39.0 Å². The average molecular weight is 749 g/mol. The van der Waals surface area contributed by atoms with Crippen LogP contribution in [0.4, 0.5) is 13.2 Å². The molecule has 1 aliphatic carbocycles. The highest BCUT2D eigenvalue weighted by Crippen LogP contribution is 2.37. The summed E-state index contributed by atoms with van der Waals surface area (Å²) in [5, 5.41) is 18.7. The van der Waals surface area contributed by atoms with Crippen molar-refractivity contribution in [1.29, 1.82) is 0 Å². The second kappa shape index (κ2) is 14.3. The van der Waals surface area contributed by atoms with Crippen LogP contribution in [0.5, 0.6) is 0 Å². The molecule has 2 amide bonds. The molecule has 0 spiro atoms. The fourth-order valence-electron chi connectivity index (χ4n) is 8.02. The third-order valence-corrected chi connectivity index (χ3v) is 13.1. The van der Waals surface area contributed by atoms with Crippen LogP contribution in [0.3, 0.4) is 0 Å². The predicted molar refractivity (Wildman–Crippen MR) is 186 cm³/mol. The van der Waals surface area contributed by atoms with E-state index in [0.29, 0.717) is 41.1 Å². The summed E-state index contributed by atoms with van der Waals surface area (Å²) in [7, 11) is -3.57. The van der Waals surface area contributed by atoms with Gasteiger partial charge in [-0.15, -0.1) is 11.3 Å². The van der Waals surface area contributed by atoms with Crippen LogP contribution in [0, 0.1) is 0 Å². The number of halogens is 3. The van der Waals surface area contributed by atoms with Crippen LogP contribution in [0.1, 0.15) is 74.6 Å². The third kappa shape index (κ3) is 7.75. The van der Waals surface area contributed by atoms with Gasteiger partial charge in [-0.2, -0.15) is 22.6 Å². The number of hydrogen-bond donors (Lipinski definition) is 2. The number of aliphatic hydroxyl groups is 1. The van der Waals surface area contributed by atoms with Gasteiger partial charge < -0.3 is 20.2 Å². The molecule has 2 N–H and O–H groups in total. The van der Waals surface area contributed by atoms with E-state index in [1.165, 1.54) is 27.8 Å². The number of thiophene rings is 1. The second-order valence-corrected chi connectivity index (χ2v) is 17.3. The minimum absolute atomic E-state index is 0.00152. The number of aromatic nitrogens is 2. The average Bonchev–Trinajstić information content (AvgIpc) is 3.87. The maximum Gasteiger partial charge on any atom is 0.416 e. The van der Waals surface area contributed by atoms with Gasteiger partial charge in [0.1, 0.15) is 0 Å². The molecule has 0 bridgehead atoms. The van der Waals surface area contributed by atoms with Crippen molar-refractivity contribution in [3.63, 3.8) is 0 Å². The minimum atomic E-state index is -4.67. The molecule has 2 aromatic heterocycles. The van der Waals surface area contributed by atoms with Gasteiger partial charge in [-0.05, 0) is 67.9 Å². The molecular weight excluding hydrogens is 706 g/mol. The van der Waals surface area contributed by atoms with Crippen LogP contribution in [0.15, 0.2) is 24.3 Å². The van der Waals surface area contributed by atoms with Crippen molar-refractivity contribution in [2.24, 2.45) is 0 Å². The first-order valence-electron chi connectivity index (χ1n) is 17.6. The smallest absolute Gasteiger partial charge is 0.390 e. The van der Waals surface area contributed by atoms with Crippen LogP contribution < -0.4 is 5.32 Å². The van der Waals surface area contributed by atoms with E-state index in [2.05, 4.69) is 10.2 Å². The number of carbonyl (C=O) groups is 2. The molecule has 4 aliphatic rings. The number of carbonyl (C=O) groups excluding carboxylic acids is 2. The highest BCUT2D eigenvalue weighted by molar-refractivity contribution is 7.88. The minimum Gasteiger partial charge on any atom is -0.390 e. The Hall–Kier alpha value is -3.31. The number of fused-ring (bicyclic) bond motifs is 2. The second-order valence-electron chi connectivity index (χ2n) is 14.1. The van der Waals surface area contributed by atoms with E-state index in [4.69, 9.17) is 5.10 Å². The Bertz CT molecular complexity index is 1900. The maximum absolute atomic E-state index is 14.2. The molecule has 0 saturated carbocycles. The van der Waals surface area contributed by atoms with E-state index < -0.39 is 33.8 Å². The standard InChI is InChI=1S/C35H43F3N6O5S2/c1-51(48,49)42-15-11-29-27(21-42)33(40-44(29)20-26(45)19-41-13-9-25(10-14-41)43-12-3-6-32(43)46)23-7-8-28(35(36,37)38)24(16-23)18-39-34(47)31-17-22-4-2-5-30(22)50-31/h7-8,16-17,25-26,45H,2-6,9-15,18-21H2,1H3,(H,39,47). The number of rotatable bonds is 10. The van der Waals surface area contributed by atoms with E-state index >= 15 is 0 Å². The number of hydrogen-bond acceptors (Lipinski definition) is 8. The molecule has 11 nitrogen and oxygen atoms in total. The SMILES string of the molecule is CS(=O)(=O)N1CCc2c(c(-c3ccc(C(F)(F)F)c(CNC(=O)c4cc5c(s4)CCC5)c3)nn2CC(O)CN2CCC(N3CCCC3=O)CC2)C1. The number of likely N-dealkylation sites (tertiary alicyclic amines) is 2. The van der Waals surface area contributed by atoms with Crippen LogP contribution in [-0.2, 0) is 59.9 Å². The highest BCUT2D eigenvalue weighted by Gasteiger charge is 2.36. The monoisotopic (exact) mass is 748 g/mol. The first-order chi connectivity index (χ1) is 24.2. The number of amides is 2. The Labute approximate surface area is 299 Å². The molecule has 3 aromatic rings. The van der Waals surface area contributed by atoms with Crippen LogP contribution in [0.2, 0.25) is 0 Å². The number of benzene rings is 1. The summed E-state index contributed by atoms with van der Waals surface area (Å²) in [6, 6.07) is 5.73. The summed E-state index contributed by atoms with van der Waals surface area (Å²) >= 11 is 1.38. The Kier molecular flexibility index (Phi) is 10.1. The number of piperidine rings is 1. The molecule has 5 heterocycles. The van der Waals surface area contributed by atoms with Crippen molar-refractivity contribution in [2.45, 2.75) is 89.3 Å². The number of alkyl halides is 3. The van der Waals surface area contributed by atoms with Gasteiger partial charge in [-0.1, -0.05) is 6.07 Å². The number of aryl methyl sites for hydroxylation is 2. The summed E-state index contributed by atoms with van der Waals surface area (Å²) in [4.78, 5) is 31.0. The van der Waals surface area contributed by atoms with E-state index in [1.807, 2.05) is 11.0 Å². The number of aliphatic hydroxyl groups excluding tert-OH is 1. The Balaban J connectivity index is 1.12. The first-order valence-corrected chi connectivity index (χ1v) is 20.2. The molecular formula is C35H43F3N6O5S2. The van der Waals surface area contributed by atoms with E-state index in [-0.39, 0.29) is 43.7 Å². The highest BCUT2D eigenvalue weighted by atomic mass is 32.2. The topological polar surface area (TPSA) is 128 Å². The predicted octanol–water partition coefficient (Wildman–Crippen LogP) is 3.81. The molecule has 51 heavy (non-hydrogen) atoms. The lowest BCUT2D eigenvalue weighted by Gasteiger charge is -2.37. The van der Waals surface area contributed by atoms with Crippen LogP contribution in [0.25, 0.3) is 11.3 Å². The molecule has 276 valence electrons. The third-order valence-electron chi connectivity index (χ3n) is 10.6. The lowest BCUT2D eigenvalue weighted by Crippen LogP contribution is -2.47. The molecule has 1 atom stereocenters. The summed E-state index contributed by atoms with van der Waals surface area (Å²) in [5.41, 5.74) is 2.14.